The molecular weight excluding hydrogens is 395 g/mol. The first-order valence-electron chi connectivity index (χ1n) is 9.11. The molecule has 0 unspecified atom stereocenters. The third kappa shape index (κ3) is 4.40. The SMILES string of the molecule is Cc1c([C@H](NC(=O)Nc2cnc(C(=O)N(C)C)s2)C(C)C)oc2ccc(F)cc12. The predicted octanol–water partition coefficient (Wildman–Crippen LogP) is 4.56. The molecule has 29 heavy (non-hydrogen) atoms. The van der Waals surface area contributed by atoms with Crippen molar-refractivity contribution in [3.63, 3.8) is 0 Å². The van der Waals surface area contributed by atoms with E-state index in [1.54, 1.807) is 20.2 Å². The van der Waals surface area contributed by atoms with Crippen LogP contribution in [0.15, 0.2) is 28.8 Å². The van der Waals surface area contributed by atoms with E-state index < -0.39 is 12.1 Å². The van der Waals surface area contributed by atoms with Crippen LogP contribution in [0.2, 0.25) is 0 Å². The lowest BCUT2D eigenvalue weighted by Crippen LogP contribution is -2.35. The quantitative estimate of drug-likeness (QED) is 0.636. The van der Waals surface area contributed by atoms with E-state index in [1.807, 2.05) is 20.8 Å². The summed E-state index contributed by atoms with van der Waals surface area (Å²) in [6.45, 7) is 5.76. The Hall–Kier alpha value is -2.94. The number of nitrogens with zero attached hydrogens (tertiary/aromatic N) is 2. The number of amides is 3. The van der Waals surface area contributed by atoms with Gasteiger partial charge in [-0.3, -0.25) is 10.1 Å². The molecule has 0 saturated heterocycles. The van der Waals surface area contributed by atoms with Crippen LogP contribution >= 0.6 is 11.3 Å². The molecule has 3 aromatic rings. The van der Waals surface area contributed by atoms with E-state index in [1.165, 1.54) is 23.2 Å². The maximum Gasteiger partial charge on any atom is 0.320 e. The van der Waals surface area contributed by atoms with Crippen molar-refractivity contribution >= 4 is 39.2 Å². The van der Waals surface area contributed by atoms with Crippen molar-refractivity contribution < 1.29 is 18.4 Å². The number of furan rings is 1. The standard InChI is InChI=1S/C20H23FN4O3S/c1-10(2)16(17-11(3)13-8-12(21)6-7-14(13)28-17)24-20(27)23-15-9-22-18(29-15)19(26)25(4)5/h6-10,16H,1-5H3,(H2,23,24,27)/t16-/m1/s1. The number of halogens is 1. The van der Waals surface area contributed by atoms with Crippen molar-refractivity contribution in [2.45, 2.75) is 26.8 Å². The van der Waals surface area contributed by atoms with E-state index in [2.05, 4.69) is 15.6 Å². The Kier molecular flexibility index (Phi) is 5.88. The van der Waals surface area contributed by atoms with Gasteiger partial charge in [0, 0.05) is 25.0 Å². The monoisotopic (exact) mass is 418 g/mol. The number of aryl methyl sites for hydroxylation is 1. The molecule has 7 nitrogen and oxygen atoms in total. The van der Waals surface area contributed by atoms with Crippen LogP contribution in [0.1, 0.15) is 41.0 Å². The molecule has 0 bridgehead atoms. The smallest absolute Gasteiger partial charge is 0.320 e. The Labute approximate surface area is 171 Å². The minimum Gasteiger partial charge on any atom is -0.459 e. The zero-order valence-electron chi connectivity index (χ0n) is 16.9. The molecule has 2 N–H and O–H groups in total. The predicted molar refractivity (Wildman–Crippen MR) is 111 cm³/mol. The number of hydrogen-bond acceptors (Lipinski definition) is 5. The van der Waals surface area contributed by atoms with Gasteiger partial charge in [-0.2, -0.15) is 0 Å². The van der Waals surface area contributed by atoms with E-state index >= 15 is 0 Å². The summed E-state index contributed by atoms with van der Waals surface area (Å²) >= 11 is 1.10. The topological polar surface area (TPSA) is 87.5 Å². The number of anilines is 1. The van der Waals surface area contributed by atoms with Crippen molar-refractivity contribution in [2.24, 2.45) is 5.92 Å². The fourth-order valence-corrected chi connectivity index (χ4v) is 3.79. The van der Waals surface area contributed by atoms with Crippen LogP contribution < -0.4 is 10.6 Å². The largest absolute Gasteiger partial charge is 0.459 e. The second-order valence-electron chi connectivity index (χ2n) is 7.28. The molecule has 2 aromatic heterocycles. The van der Waals surface area contributed by atoms with Gasteiger partial charge < -0.3 is 14.6 Å². The summed E-state index contributed by atoms with van der Waals surface area (Å²) in [5.41, 5.74) is 1.36. The highest BCUT2D eigenvalue weighted by Gasteiger charge is 2.26. The number of urea groups is 1. The number of carbonyl (C=O) groups excluding carboxylic acids is 2. The summed E-state index contributed by atoms with van der Waals surface area (Å²) in [6.07, 6.45) is 1.45. The lowest BCUT2D eigenvalue weighted by atomic mass is 9.98. The second-order valence-corrected chi connectivity index (χ2v) is 8.31. The van der Waals surface area contributed by atoms with Gasteiger partial charge in [-0.25, -0.2) is 14.2 Å². The molecule has 1 aromatic carbocycles. The third-order valence-corrected chi connectivity index (χ3v) is 5.40. The van der Waals surface area contributed by atoms with Crippen LogP contribution in [-0.4, -0.2) is 35.9 Å². The first-order chi connectivity index (χ1) is 13.7. The molecule has 0 saturated carbocycles. The molecule has 1 atom stereocenters. The van der Waals surface area contributed by atoms with Gasteiger partial charge in [0.1, 0.15) is 22.2 Å². The number of hydrogen-bond donors (Lipinski definition) is 2. The Morgan fingerprint density at radius 2 is 2.00 bits per heavy atom. The van der Waals surface area contributed by atoms with Gasteiger partial charge in [0.2, 0.25) is 0 Å². The number of nitrogens with one attached hydrogen (secondary N) is 2. The maximum atomic E-state index is 13.6. The van der Waals surface area contributed by atoms with Gasteiger partial charge >= 0.3 is 6.03 Å². The lowest BCUT2D eigenvalue weighted by molar-refractivity contribution is 0.0827. The number of benzene rings is 1. The Bertz CT molecular complexity index is 1060. The summed E-state index contributed by atoms with van der Waals surface area (Å²) in [7, 11) is 3.27. The average molecular weight is 418 g/mol. The molecule has 0 aliphatic rings. The summed E-state index contributed by atoms with van der Waals surface area (Å²) in [6, 6.07) is 3.49. The molecule has 2 heterocycles. The van der Waals surface area contributed by atoms with Crippen LogP contribution in [0, 0.1) is 18.7 Å². The molecule has 3 rings (SSSR count). The molecule has 154 valence electrons. The minimum atomic E-state index is -0.442. The molecule has 0 radical (unpaired) electrons. The van der Waals surface area contributed by atoms with Gasteiger partial charge in [0.25, 0.3) is 5.91 Å². The Morgan fingerprint density at radius 3 is 2.66 bits per heavy atom. The van der Waals surface area contributed by atoms with Crippen molar-refractivity contribution in [3.05, 3.63) is 46.5 Å². The maximum absolute atomic E-state index is 13.6. The molecule has 0 spiro atoms. The Morgan fingerprint density at radius 1 is 1.28 bits per heavy atom. The van der Waals surface area contributed by atoms with Gasteiger partial charge in [0.15, 0.2) is 5.01 Å². The Balaban J connectivity index is 1.78. The van der Waals surface area contributed by atoms with Gasteiger partial charge in [0.05, 0.1) is 12.2 Å². The first-order valence-corrected chi connectivity index (χ1v) is 9.92. The molecule has 0 fully saturated rings. The highest BCUT2D eigenvalue weighted by atomic mass is 32.1. The molecule has 9 heteroatoms. The highest BCUT2D eigenvalue weighted by molar-refractivity contribution is 7.17. The van der Waals surface area contributed by atoms with E-state index in [-0.39, 0.29) is 17.6 Å². The van der Waals surface area contributed by atoms with E-state index in [9.17, 15) is 14.0 Å². The normalized spacial score (nSPS) is 12.2. The van der Waals surface area contributed by atoms with Gasteiger partial charge in [-0.15, -0.1) is 0 Å². The number of thiazole rings is 1. The number of aromatic nitrogens is 1. The van der Waals surface area contributed by atoms with Crippen molar-refractivity contribution in [2.75, 3.05) is 19.4 Å². The second kappa shape index (κ2) is 8.20. The average Bonchev–Trinajstić information content (AvgIpc) is 3.24. The lowest BCUT2D eigenvalue weighted by Gasteiger charge is -2.21. The fraction of sp³-hybridized carbons (Fsp3) is 0.350. The molecule has 0 aliphatic heterocycles. The van der Waals surface area contributed by atoms with Crippen molar-refractivity contribution in [3.8, 4) is 0 Å². The first kappa shape index (κ1) is 20.8. The number of carbonyl (C=O) groups is 2. The number of rotatable bonds is 5. The highest BCUT2D eigenvalue weighted by Crippen LogP contribution is 2.33. The summed E-state index contributed by atoms with van der Waals surface area (Å²) in [4.78, 5) is 30.0. The fourth-order valence-electron chi connectivity index (χ4n) is 2.95. The molecular formula is C20H23FN4O3S. The zero-order valence-corrected chi connectivity index (χ0v) is 17.7. The van der Waals surface area contributed by atoms with Crippen LogP contribution in [0.4, 0.5) is 14.2 Å². The van der Waals surface area contributed by atoms with E-state index in [0.717, 1.165) is 16.9 Å². The molecule has 3 amide bonds. The van der Waals surface area contributed by atoms with Crippen molar-refractivity contribution in [1.29, 1.82) is 0 Å². The van der Waals surface area contributed by atoms with Crippen LogP contribution in [-0.2, 0) is 0 Å². The summed E-state index contributed by atoms with van der Waals surface area (Å²) < 4.78 is 19.5. The van der Waals surface area contributed by atoms with Crippen LogP contribution in [0.5, 0.6) is 0 Å². The minimum absolute atomic E-state index is 0.0252. The molecule has 0 aliphatic carbocycles. The zero-order chi connectivity index (χ0) is 21.3. The van der Waals surface area contributed by atoms with E-state index in [4.69, 9.17) is 4.42 Å². The number of fused-ring (bicyclic) bond motifs is 1. The van der Waals surface area contributed by atoms with Crippen LogP contribution in [0.3, 0.4) is 0 Å². The van der Waals surface area contributed by atoms with Crippen molar-refractivity contribution in [1.82, 2.24) is 15.2 Å². The summed E-state index contributed by atoms with van der Waals surface area (Å²) in [5, 5.41) is 7.04. The van der Waals surface area contributed by atoms with E-state index in [0.29, 0.717) is 26.7 Å². The van der Waals surface area contributed by atoms with Gasteiger partial charge in [-0.05, 0) is 31.0 Å². The summed E-state index contributed by atoms with van der Waals surface area (Å²) in [5.74, 6) is 0.0439. The van der Waals surface area contributed by atoms with Crippen LogP contribution in [0.25, 0.3) is 11.0 Å². The third-order valence-electron chi connectivity index (χ3n) is 4.50. The van der Waals surface area contributed by atoms with Gasteiger partial charge in [-0.1, -0.05) is 25.2 Å².